The van der Waals surface area contributed by atoms with Gasteiger partial charge in [-0.3, -0.25) is 0 Å². The number of piperidine rings is 1. The summed E-state index contributed by atoms with van der Waals surface area (Å²) in [5, 5.41) is 7.35. The number of nitrogens with zero attached hydrogens (tertiary/aromatic N) is 2. The molecule has 1 aromatic rings. The number of hydrogen-bond acceptors (Lipinski definition) is 5. The normalized spacial score (nSPS) is 18.3. The van der Waals surface area contributed by atoms with E-state index in [9.17, 15) is 0 Å². The van der Waals surface area contributed by atoms with Gasteiger partial charge in [0.25, 0.3) is 0 Å². The first kappa shape index (κ1) is 14.5. The van der Waals surface area contributed by atoms with Crippen molar-refractivity contribution in [3.05, 3.63) is 17.5 Å². The first-order valence-electron chi connectivity index (χ1n) is 7.11. The minimum Gasteiger partial charge on any atom is -0.370 e. The van der Waals surface area contributed by atoms with Crippen molar-refractivity contribution in [2.24, 2.45) is 0 Å². The van der Waals surface area contributed by atoms with Gasteiger partial charge in [0.05, 0.1) is 11.8 Å². The topological polar surface area (TPSA) is 50.5 Å². The van der Waals surface area contributed by atoms with E-state index in [4.69, 9.17) is 9.26 Å². The standard InChI is InChI=1S/C14H25N3O2/c1-11(2)15-9-12-8-14(19-16-12)10-18-13-4-6-17(3)7-5-13/h8,11,13,15H,4-7,9-10H2,1-3H3. The minimum atomic E-state index is 0.360. The Morgan fingerprint density at radius 1 is 1.47 bits per heavy atom. The maximum absolute atomic E-state index is 5.88. The Morgan fingerprint density at radius 3 is 2.89 bits per heavy atom. The highest BCUT2D eigenvalue weighted by Gasteiger charge is 2.17. The zero-order valence-corrected chi connectivity index (χ0v) is 12.2. The number of hydrogen-bond donors (Lipinski definition) is 1. The lowest BCUT2D eigenvalue weighted by Crippen LogP contribution is -2.34. The molecule has 0 atom stereocenters. The predicted molar refractivity (Wildman–Crippen MR) is 73.8 cm³/mol. The van der Waals surface area contributed by atoms with Gasteiger partial charge in [-0.1, -0.05) is 19.0 Å². The minimum absolute atomic E-state index is 0.360. The van der Waals surface area contributed by atoms with Gasteiger partial charge in [0.1, 0.15) is 6.61 Å². The summed E-state index contributed by atoms with van der Waals surface area (Å²) < 4.78 is 11.2. The summed E-state index contributed by atoms with van der Waals surface area (Å²) >= 11 is 0. The molecular weight excluding hydrogens is 242 g/mol. The molecule has 19 heavy (non-hydrogen) atoms. The van der Waals surface area contributed by atoms with Crippen LogP contribution in [0.25, 0.3) is 0 Å². The van der Waals surface area contributed by atoms with Gasteiger partial charge in [-0.05, 0) is 19.9 Å². The molecule has 1 aliphatic heterocycles. The molecule has 0 spiro atoms. The Bertz CT molecular complexity index is 371. The van der Waals surface area contributed by atoms with Crippen molar-refractivity contribution in [1.29, 1.82) is 0 Å². The van der Waals surface area contributed by atoms with Crippen LogP contribution in [0.4, 0.5) is 0 Å². The second-order valence-corrected chi connectivity index (χ2v) is 5.63. The van der Waals surface area contributed by atoms with Crippen LogP contribution in [0, 0.1) is 0 Å². The fourth-order valence-electron chi connectivity index (χ4n) is 2.17. The molecule has 0 aromatic carbocycles. The summed E-state index contributed by atoms with van der Waals surface area (Å²) in [5.41, 5.74) is 0.940. The number of rotatable bonds is 6. The zero-order chi connectivity index (χ0) is 13.7. The van der Waals surface area contributed by atoms with E-state index >= 15 is 0 Å². The van der Waals surface area contributed by atoms with Crippen LogP contribution < -0.4 is 5.32 Å². The lowest BCUT2D eigenvalue weighted by molar-refractivity contribution is -0.00652. The molecular formula is C14H25N3O2. The second-order valence-electron chi connectivity index (χ2n) is 5.63. The summed E-state index contributed by atoms with van der Waals surface area (Å²) in [6.07, 6.45) is 2.57. The van der Waals surface area contributed by atoms with E-state index in [1.165, 1.54) is 0 Å². The Morgan fingerprint density at radius 2 is 2.21 bits per heavy atom. The van der Waals surface area contributed by atoms with Crippen LogP contribution in [0.3, 0.4) is 0 Å². The van der Waals surface area contributed by atoms with E-state index in [1.807, 2.05) is 6.07 Å². The molecule has 1 fully saturated rings. The molecule has 2 heterocycles. The highest BCUT2D eigenvalue weighted by Crippen LogP contribution is 2.15. The number of ether oxygens (including phenoxy) is 1. The lowest BCUT2D eigenvalue weighted by Gasteiger charge is -2.28. The van der Waals surface area contributed by atoms with Gasteiger partial charge in [-0.2, -0.15) is 0 Å². The van der Waals surface area contributed by atoms with Crippen LogP contribution >= 0.6 is 0 Å². The Hall–Kier alpha value is -0.910. The quantitative estimate of drug-likeness (QED) is 0.851. The van der Waals surface area contributed by atoms with Crippen LogP contribution in [0.1, 0.15) is 38.1 Å². The molecule has 108 valence electrons. The first-order valence-corrected chi connectivity index (χ1v) is 7.11. The van der Waals surface area contributed by atoms with Crippen molar-refractivity contribution in [2.75, 3.05) is 20.1 Å². The van der Waals surface area contributed by atoms with Gasteiger partial charge in [-0.25, -0.2) is 0 Å². The van der Waals surface area contributed by atoms with Crippen molar-refractivity contribution in [3.8, 4) is 0 Å². The van der Waals surface area contributed by atoms with E-state index in [1.54, 1.807) is 0 Å². The molecule has 0 bridgehead atoms. The van der Waals surface area contributed by atoms with E-state index in [2.05, 4.69) is 36.3 Å². The molecule has 1 aliphatic rings. The molecule has 5 nitrogen and oxygen atoms in total. The number of aromatic nitrogens is 1. The monoisotopic (exact) mass is 267 g/mol. The average molecular weight is 267 g/mol. The number of likely N-dealkylation sites (tertiary alicyclic amines) is 1. The van der Waals surface area contributed by atoms with E-state index < -0.39 is 0 Å². The zero-order valence-electron chi connectivity index (χ0n) is 12.2. The SMILES string of the molecule is CC(C)NCc1cc(COC2CCN(C)CC2)on1. The summed E-state index contributed by atoms with van der Waals surface area (Å²) in [6, 6.07) is 2.43. The third-order valence-electron chi connectivity index (χ3n) is 3.43. The molecule has 2 rings (SSSR count). The molecule has 0 saturated carbocycles. The molecule has 0 amide bonds. The highest BCUT2D eigenvalue weighted by molar-refractivity contribution is 5.04. The average Bonchev–Trinajstić information content (AvgIpc) is 2.84. The Balaban J connectivity index is 1.71. The third-order valence-corrected chi connectivity index (χ3v) is 3.43. The highest BCUT2D eigenvalue weighted by atomic mass is 16.5. The molecule has 0 radical (unpaired) electrons. The lowest BCUT2D eigenvalue weighted by atomic mass is 10.1. The predicted octanol–water partition coefficient (Wildman–Crippen LogP) is 1.78. The van der Waals surface area contributed by atoms with Gasteiger partial charge in [0, 0.05) is 31.7 Å². The van der Waals surface area contributed by atoms with Gasteiger partial charge < -0.3 is 19.5 Å². The van der Waals surface area contributed by atoms with E-state index in [0.29, 0.717) is 18.8 Å². The molecule has 0 aliphatic carbocycles. The fraction of sp³-hybridized carbons (Fsp3) is 0.786. The molecule has 1 aromatic heterocycles. The summed E-state index contributed by atoms with van der Waals surface area (Å²) in [7, 11) is 2.15. The molecule has 0 unspecified atom stereocenters. The maximum atomic E-state index is 5.88. The van der Waals surface area contributed by atoms with Crippen LogP contribution in [0.2, 0.25) is 0 Å². The van der Waals surface area contributed by atoms with Gasteiger partial charge >= 0.3 is 0 Å². The Kier molecular flexibility index (Phi) is 5.36. The van der Waals surface area contributed by atoms with Crippen molar-refractivity contribution < 1.29 is 9.26 Å². The van der Waals surface area contributed by atoms with Crippen LogP contribution in [-0.2, 0) is 17.9 Å². The fourth-order valence-corrected chi connectivity index (χ4v) is 2.17. The van der Waals surface area contributed by atoms with Crippen LogP contribution in [0.5, 0.6) is 0 Å². The van der Waals surface area contributed by atoms with Crippen molar-refractivity contribution >= 4 is 0 Å². The van der Waals surface area contributed by atoms with Gasteiger partial charge in [0.2, 0.25) is 0 Å². The van der Waals surface area contributed by atoms with E-state index in [0.717, 1.165) is 43.9 Å². The Labute approximate surface area is 115 Å². The van der Waals surface area contributed by atoms with Crippen LogP contribution in [0.15, 0.2) is 10.6 Å². The smallest absolute Gasteiger partial charge is 0.162 e. The largest absolute Gasteiger partial charge is 0.370 e. The molecule has 1 saturated heterocycles. The summed E-state index contributed by atoms with van der Waals surface area (Å²) in [6.45, 7) is 7.74. The number of nitrogens with one attached hydrogen (secondary N) is 1. The molecule has 5 heteroatoms. The molecule has 1 N–H and O–H groups in total. The summed E-state index contributed by atoms with van der Waals surface area (Å²) in [5.74, 6) is 0.819. The van der Waals surface area contributed by atoms with Crippen molar-refractivity contribution in [2.45, 2.75) is 52.0 Å². The first-order chi connectivity index (χ1) is 9.13. The van der Waals surface area contributed by atoms with Crippen LogP contribution in [-0.4, -0.2) is 42.3 Å². The maximum Gasteiger partial charge on any atom is 0.162 e. The third kappa shape index (κ3) is 4.93. The van der Waals surface area contributed by atoms with Gasteiger partial charge in [-0.15, -0.1) is 0 Å². The summed E-state index contributed by atoms with van der Waals surface area (Å²) in [4.78, 5) is 2.34. The second kappa shape index (κ2) is 7.03. The van der Waals surface area contributed by atoms with Crippen molar-refractivity contribution in [1.82, 2.24) is 15.4 Å². The van der Waals surface area contributed by atoms with Gasteiger partial charge in [0.15, 0.2) is 5.76 Å². The van der Waals surface area contributed by atoms with E-state index in [-0.39, 0.29) is 0 Å². The van der Waals surface area contributed by atoms with Crippen molar-refractivity contribution in [3.63, 3.8) is 0 Å².